The van der Waals surface area contributed by atoms with Gasteiger partial charge in [-0.15, -0.1) is 11.8 Å². The molecule has 1 aliphatic heterocycles. The summed E-state index contributed by atoms with van der Waals surface area (Å²) in [5.41, 5.74) is 1.11. The molecule has 1 aromatic carbocycles. The van der Waals surface area contributed by atoms with Crippen LogP contribution in [0.4, 0.5) is 0 Å². The first-order chi connectivity index (χ1) is 8.56. The Bertz CT molecular complexity index is 487. The van der Waals surface area contributed by atoms with Crippen LogP contribution < -0.4 is 5.32 Å². The summed E-state index contributed by atoms with van der Waals surface area (Å²) < 4.78 is 0. The molecule has 96 valence electrons. The molecule has 1 atom stereocenters. The number of benzene rings is 1. The van der Waals surface area contributed by atoms with Crippen molar-refractivity contribution in [3.8, 4) is 0 Å². The molecule has 1 heterocycles. The third kappa shape index (κ3) is 3.04. The van der Waals surface area contributed by atoms with E-state index in [1.165, 1.54) is 0 Å². The molecular weight excluding hydrogens is 250 g/mol. The molecule has 2 rings (SSSR count). The Morgan fingerprint density at radius 1 is 1.56 bits per heavy atom. The number of aryl methyl sites for hydroxylation is 1. The summed E-state index contributed by atoms with van der Waals surface area (Å²) in [5.74, 6) is -0.00623. The van der Waals surface area contributed by atoms with Crippen LogP contribution >= 0.6 is 11.8 Å². The van der Waals surface area contributed by atoms with Crippen molar-refractivity contribution in [2.75, 3.05) is 5.75 Å². The summed E-state index contributed by atoms with van der Waals surface area (Å²) in [5, 5.41) is 11.9. The number of nitrogens with one attached hydrogen (secondary N) is 1. The SMILES string of the molecule is Cc1ccc(SCC2CCC(=O)N2)cc1C(=O)O. The van der Waals surface area contributed by atoms with Crippen molar-refractivity contribution >= 4 is 23.6 Å². The molecule has 0 aromatic heterocycles. The number of carboxylic acids is 1. The van der Waals surface area contributed by atoms with Crippen molar-refractivity contribution in [2.24, 2.45) is 0 Å². The summed E-state index contributed by atoms with van der Waals surface area (Å²) in [6.45, 7) is 1.79. The molecule has 0 spiro atoms. The summed E-state index contributed by atoms with van der Waals surface area (Å²) in [6.07, 6.45) is 1.46. The van der Waals surface area contributed by atoms with Gasteiger partial charge in [-0.25, -0.2) is 4.79 Å². The Hall–Kier alpha value is -1.49. The summed E-state index contributed by atoms with van der Waals surface area (Å²) in [7, 11) is 0. The Labute approximate surface area is 110 Å². The molecule has 0 radical (unpaired) electrons. The lowest BCUT2D eigenvalue weighted by molar-refractivity contribution is -0.119. The van der Waals surface area contributed by atoms with Gasteiger partial charge in [0.2, 0.25) is 5.91 Å². The topological polar surface area (TPSA) is 66.4 Å². The molecule has 1 amide bonds. The number of carbonyl (C=O) groups excluding carboxylic acids is 1. The van der Waals surface area contributed by atoms with Gasteiger partial charge in [-0.1, -0.05) is 6.07 Å². The van der Waals surface area contributed by atoms with Gasteiger partial charge in [-0.2, -0.15) is 0 Å². The van der Waals surface area contributed by atoms with Gasteiger partial charge in [0.25, 0.3) is 0 Å². The average molecular weight is 265 g/mol. The maximum absolute atomic E-state index is 11.1. The highest BCUT2D eigenvalue weighted by Gasteiger charge is 2.20. The van der Waals surface area contributed by atoms with Crippen LogP contribution in [-0.4, -0.2) is 28.8 Å². The van der Waals surface area contributed by atoms with Crippen LogP contribution in [0.2, 0.25) is 0 Å². The monoisotopic (exact) mass is 265 g/mol. The van der Waals surface area contributed by atoms with E-state index in [0.29, 0.717) is 12.0 Å². The van der Waals surface area contributed by atoms with Gasteiger partial charge in [0, 0.05) is 23.1 Å². The first kappa shape index (κ1) is 13.0. The van der Waals surface area contributed by atoms with Crippen molar-refractivity contribution in [3.63, 3.8) is 0 Å². The van der Waals surface area contributed by atoms with E-state index in [-0.39, 0.29) is 11.9 Å². The number of rotatable bonds is 4. The van der Waals surface area contributed by atoms with E-state index in [2.05, 4.69) is 5.32 Å². The maximum atomic E-state index is 11.1. The summed E-state index contributed by atoms with van der Waals surface area (Å²) in [6, 6.07) is 5.64. The second-order valence-electron chi connectivity index (χ2n) is 4.40. The Balaban J connectivity index is 1.99. The molecule has 18 heavy (non-hydrogen) atoms. The Kier molecular flexibility index (Phi) is 3.91. The van der Waals surface area contributed by atoms with Crippen molar-refractivity contribution in [2.45, 2.75) is 30.7 Å². The Morgan fingerprint density at radius 3 is 2.94 bits per heavy atom. The molecule has 1 fully saturated rings. The molecule has 4 nitrogen and oxygen atoms in total. The normalized spacial score (nSPS) is 18.7. The predicted molar refractivity (Wildman–Crippen MR) is 70.0 cm³/mol. The van der Waals surface area contributed by atoms with Crippen LogP contribution in [0.5, 0.6) is 0 Å². The molecule has 1 unspecified atom stereocenters. The second-order valence-corrected chi connectivity index (χ2v) is 5.49. The van der Waals surface area contributed by atoms with E-state index in [9.17, 15) is 9.59 Å². The van der Waals surface area contributed by atoms with Gasteiger partial charge in [-0.05, 0) is 31.0 Å². The van der Waals surface area contributed by atoms with Crippen LogP contribution in [-0.2, 0) is 4.79 Å². The number of carbonyl (C=O) groups is 2. The largest absolute Gasteiger partial charge is 0.478 e. The van der Waals surface area contributed by atoms with Gasteiger partial charge in [0.1, 0.15) is 0 Å². The number of aromatic carboxylic acids is 1. The summed E-state index contributed by atoms with van der Waals surface area (Å²) >= 11 is 1.58. The predicted octanol–water partition coefficient (Wildman–Crippen LogP) is 2.06. The fourth-order valence-corrected chi connectivity index (χ4v) is 2.93. The maximum Gasteiger partial charge on any atom is 0.335 e. The second kappa shape index (κ2) is 5.44. The highest BCUT2D eigenvalue weighted by Crippen LogP contribution is 2.24. The number of hydrogen-bond donors (Lipinski definition) is 2. The van der Waals surface area contributed by atoms with Crippen molar-refractivity contribution in [1.29, 1.82) is 0 Å². The minimum Gasteiger partial charge on any atom is -0.478 e. The van der Waals surface area contributed by atoms with E-state index in [1.807, 2.05) is 12.1 Å². The lowest BCUT2D eigenvalue weighted by Crippen LogP contribution is -2.27. The lowest BCUT2D eigenvalue weighted by Gasteiger charge is -2.10. The van der Waals surface area contributed by atoms with Crippen LogP contribution in [0.25, 0.3) is 0 Å². The van der Waals surface area contributed by atoms with Crippen LogP contribution in [0, 0.1) is 6.92 Å². The van der Waals surface area contributed by atoms with Crippen molar-refractivity contribution in [3.05, 3.63) is 29.3 Å². The number of thioether (sulfide) groups is 1. The van der Waals surface area contributed by atoms with Crippen LogP contribution in [0.15, 0.2) is 23.1 Å². The molecule has 0 saturated carbocycles. The number of carboxylic acid groups (broad SMARTS) is 1. The number of amides is 1. The molecule has 1 saturated heterocycles. The Morgan fingerprint density at radius 2 is 2.33 bits per heavy atom. The van der Waals surface area contributed by atoms with E-state index in [4.69, 9.17) is 5.11 Å². The zero-order valence-corrected chi connectivity index (χ0v) is 10.9. The van der Waals surface area contributed by atoms with Gasteiger partial charge in [0.05, 0.1) is 5.56 Å². The lowest BCUT2D eigenvalue weighted by atomic mass is 10.1. The third-order valence-electron chi connectivity index (χ3n) is 2.98. The number of hydrogen-bond acceptors (Lipinski definition) is 3. The van der Waals surface area contributed by atoms with Crippen molar-refractivity contribution < 1.29 is 14.7 Å². The summed E-state index contributed by atoms with van der Waals surface area (Å²) in [4.78, 5) is 23.0. The van der Waals surface area contributed by atoms with Crippen LogP contribution in [0.3, 0.4) is 0 Å². The smallest absolute Gasteiger partial charge is 0.335 e. The first-order valence-corrected chi connectivity index (χ1v) is 6.81. The van der Waals surface area contributed by atoms with Crippen LogP contribution in [0.1, 0.15) is 28.8 Å². The van der Waals surface area contributed by atoms with E-state index < -0.39 is 5.97 Å². The zero-order chi connectivity index (χ0) is 13.1. The standard InChI is InChI=1S/C13H15NO3S/c1-8-2-4-10(6-11(8)13(16)17)18-7-9-3-5-12(15)14-9/h2,4,6,9H,3,5,7H2,1H3,(H,14,15)(H,16,17). The van der Waals surface area contributed by atoms with Gasteiger partial charge in [-0.3, -0.25) is 4.79 Å². The zero-order valence-electron chi connectivity index (χ0n) is 10.1. The fraction of sp³-hybridized carbons (Fsp3) is 0.385. The molecule has 0 aliphatic carbocycles. The van der Waals surface area contributed by atoms with Gasteiger partial charge >= 0.3 is 5.97 Å². The van der Waals surface area contributed by atoms with Crippen molar-refractivity contribution in [1.82, 2.24) is 5.32 Å². The molecule has 0 bridgehead atoms. The fourth-order valence-electron chi connectivity index (χ4n) is 1.92. The first-order valence-electron chi connectivity index (χ1n) is 5.82. The van der Waals surface area contributed by atoms with E-state index in [1.54, 1.807) is 24.8 Å². The molecule has 5 heteroatoms. The average Bonchev–Trinajstić information content (AvgIpc) is 2.74. The van der Waals surface area contributed by atoms with E-state index in [0.717, 1.165) is 22.6 Å². The molecule has 1 aromatic rings. The third-order valence-corrected chi connectivity index (χ3v) is 4.13. The molecular formula is C13H15NO3S. The minimum absolute atomic E-state index is 0.107. The molecule has 2 N–H and O–H groups in total. The van der Waals surface area contributed by atoms with Gasteiger partial charge in [0.15, 0.2) is 0 Å². The van der Waals surface area contributed by atoms with E-state index >= 15 is 0 Å². The minimum atomic E-state index is -0.899. The highest BCUT2D eigenvalue weighted by atomic mass is 32.2. The quantitative estimate of drug-likeness (QED) is 0.818. The molecule has 1 aliphatic rings. The highest BCUT2D eigenvalue weighted by molar-refractivity contribution is 7.99. The van der Waals surface area contributed by atoms with Gasteiger partial charge < -0.3 is 10.4 Å².